The summed E-state index contributed by atoms with van der Waals surface area (Å²) < 4.78 is 44.4. The number of amides is 1. The summed E-state index contributed by atoms with van der Waals surface area (Å²) in [5.41, 5.74) is 0.741. The van der Waals surface area contributed by atoms with Gasteiger partial charge in [0.25, 0.3) is 10.0 Å². The van der Waals surface area contributed by atoms with Crippen molar-refractivity contribution in [1.82, 2.24) is 5.32 Å². The highest BCUT2D eigenvalue weighted by molar-refractivity contribution is 7.92. The lowest BCUT2D eigenvalue weighted by Crippen LogP contribution is -2.39. The van der Waals surface area contributed by atoms with E-state index in [1.54, 1.807) is 36.4 Å². The molecule has 2 fully saturated rings. The van der Waals surface area contributed by atoms with Crippen molar-refractivity contribution in [3.05, 3.63) is 48.0 Å². The van der Waals surface area contributed by atoms with Gasteiger partial charge < -0.3 is 19.5 Å². The van der Waals surface area contributed by atoms with Crippen LogP contribution < -0.4 is 19.5 Å². The Labute approximate surface area is 188 Å². The van der Waals surface area contributed by atoms with Gasteiger partial charge in [-0.1, -0.05) is 12.1 Å². The number of hydrogen-bond donors (Lipinski definition) is 2. The summed E-state index contributed by atoms with van der Waals surface area (Å²) >= 11 is 0. The van der Waals surface area contributed by atoms with Gasteiger partial charge in [-0.3, -0.25) is 9.52 Å². The van der Waals surface area contributed by atoms with E-state index < -0.39 is 15.4 Å². The van der Waals surface area contributed by atoms with Gasteiger partial charge in [0.2, 0.25) is 5.91 Å². The third-order valence-corrected chi connectivity index (χ3v) is 7.45. The van der Waals surface area contributed by atoms with Crippen LogP contribution in [0.25, 0.3) is 0 Å². The number of rotatable bonds is 9. The summed E-state index contributed by atoms with van der Waals surface area (Å²) in [6, 6.07) is 11.5. The summed E-state index contributed by atoms with van der Waals surface area (Å²) in [4.78, 5) is 12.8. The zero-order valence-electron chi connectivity index (χ0n) is 18.2. The first kappa shape index (κ1) is 22.4. The molecule has 2 aromatic rings. The van der Waals surface area contributed by atoms with Gasteiger partial charge in [0.1, 0.15) is 16.4 Å². The van der Waals surface area contributed by atoms with Crippen LogP contribution in [0.3, 0.4) is 0 Å². The fraction of sp³-hybridized carbons (Fsp3) is 0.435. The molecule has 8 nitrogen and oxygen atoms in total. The van der Waals surface area contributed by atoms with Crippen LogP contribution in [0.1, 0.15) is 31.2 Å². The minimum absolute atomic E-state index is 0.00227. The van der Waals surface area contributed by atoms with Crippen molar-refractivity contribution in [2.75, 3.05) is 32.1 Å². The van der Waals surface area contributed by atoms with E-state index in [0.29, 0.717) is 18.0 Å². The fourth-order valence-corrected chi connectivity index (χ4v) is 5.26. The molecule has 0 spiro atoms. The molecule has 32 heavy (non-hydrogen) atoms. The van der Waals surface area contributed by atoms with Gasteiger partial charge in [0.15, 0.2) is 0 Å². The molecule has 0 unspecified atom stereocenters. The highest BCUT2D eigenvalue weighted by atomic mass is 32.2. The second-order valence-electron chi connectivity index (χ2n) is 8.13. The minimum Gasteiger partial charge on any atom is -0.497 e. The molecule has 1 aliphatic carbocycles. The summed E-state index contributed by atoms with van der Waals surface area (Å²) in [7, 11) is -1.03. The number of ether oxygens (including phenoxy) is 3. The lowest BCUT2D eigenvalue weighted by molar-refractivity contribution is -0.124. The number of nitrogens with one attached hydrogen (secondary N) is 2. The third-order valence-electron chi connectivity index (χ3n) is 6.05. The van der Waals surface area contributed by atoms with E-state index in [9.17, 15) is 13.2 Å². The molecule has 1 heterocycles. The molecule has 1 saturated carbocycles. The molecule has 9 heteroatoms. The summed E-state index contributed by atoms with van der Waals surface area (Å²) in [5.74, 6) is 0.628. The van der Waals surface area contributed by atoms with Crippen LogP contribution in [-0.2, 0) is 25.0 Å². The zero-order valence-corrected chi connectivity index (χ0v) is 19.0. The van der Waals surface area contributed by atoms with E-state index in [2.05, 4.69) is 10.0 Å². The number of methoxy groups -OCH3 is 2. The minimum atomic E-state index is -3.90. The van der Waals surface area contributed by atoms with Gasteiger partial charge in [-0.05, 0) is 55.5 Å². The molecule has 1 amide bonds. The number of carbonyl (C=O) groups excluding carboxylic acids is 1. The van der Waals surface area contributed by atoms with Gasteiger partial charge in [-0.25, -0.2) is 8.42 Å². The number of carbonyl (C=O) groups is 1. The van der Waals surface area contributed by atoms with Crippen molar-refractivity contribution in [3.8, 4) is 11.5 Å². The smallest absolute Gasteiger partial charge is 0.265 e. The molecule has 1 atom stereocenters. The second-order valence-corrected chi connectivity index (χ2v) is 9.78. The zero-order chi connectivity index (χ0) is 22.8. The van der Waals surface area contributed by atoms with Crippen LogP contribution in [-0.4, -0.2) is 47.8 Å². The van der Waals surface area contributed by atoms with Crippen LogP contribution in [0, 0.1) is 0 Å². The number of benzene rings is 2. The number of sulfonamides is 1. The van der Waals surface area contributed by atoms with Crippen molar-refractivity contribution in [3.63, 3.8) is 0 Å². The van der Waals surface area contributed by atoms with Gasteiger partial charge in [-0.15, -0.1) is 0 Å². The maximum Gasteiger partial charge on any atom is 0.265 e. The van der Waals surface area contributed by atoms with Gasteiger partial charge in [-0.2, -0.15) is 0 Å². The molecule has 2 aliphatic rings. The van der Waals surface area contributed by atoms with E-state index in [-0.39, 0.29) is 22.7 Å². The predicted octanol–water partition coefficient (Wildman–Crippen LogP) is 2.83. The van der Waals surface area contributed by atoms with Crippen molar-refractivity contribution < 1.29 is 27.4 Å². The SMILES string of the molecule is COc1ccc(OC)c(S(=O)(=O)Nc2ccc(C3(C(=O)NC[C@H]4CCCO4)CC3)cc2)c1. The molecule has 2 aromatic carbocycles. The molecule has 172 valence electrons. The Balaban J connectivity index is 1.46. The lowest BCUT2D eigenvalue weighted by atomic mass is 9.94. The van der Waals surface area contributed by atoms with Crippen molar-refractivity contribution in [2.45, 2.75) is 42.1 Å². The standard InChI is InChI=1S/C23H28N2O6S/c1-29-18-9-10-20(30-2)21(14-18)32(27,28)25-17-7-5-16(6-8-17)23(11-12-23)22(26)24-15-19-4-3-13-31-19/h5-10,14,19,25H,3-4,11-13,15H2,1-2H3,(H,24,26)/t19-/m1/s1. The Morgan fingerprint density at radius 2 is 1.88 bits per heavy atom. The Morgan fingerprint density at radius 3 is 2.47 bits per heavy atom. The first-order chi connectivity index (χ1) is 15.4. The molecular formula is C23H28N2O6S. The Kier molecular flexibility index (Phi) is 6.30. The summed E-state index contributed by atoms with van der Waals surface area (Å²) in [6.07, 6.45) is 3.65. The van der Waals surface area contributed by atoms with Crippen molar-refractivity contribution in [1.29, 1.82) is 0 Å². The summed E-state index contributed by atoms with van der Waals surface area (Å²) in [5, 5.41) is 3.02. The maximum atomic E-state index is 12.9. The van der Waals surface area contributed by atoms with Crippen LogP contribution >= 0.6 is 0 Å². The highest BCUT2D eigenvalue weighted by Gasteiger charge is 2.51. The Morgan fingerprint density at radius 1 is 1.12 bits per heavy atom. The van der Waals surface area contributed by atoms with Gasteiger partial charge >= 0.3 is 0 Å². The van der Waals surface area contributed by atoms with Crippen molar-refractivity contribution in [2.24, 2.45) is 0 Å². The van der Waals surface area contributed by atoms with E-state index in [0.717, 1.165) is 37.9 Å². The summed E-state index contributed by atoms with van der Waals surface area (Å²) in [6.45, 7) is 1.28. The molecule has 4 rings (SSSR count). The number of hydrogen-bond acceptors (Lipinski definition) is 6. The fourth-order valence-electron chi connectivity index (χ4n) is 4.01. The Hall–Kier alpha value is -2.78. The molecule has 0 aromatic heterocycles. The molecule has 0 bridgehead atoms. The molecule has 1 aliphatic heterocycles. The maximum absolute atomic E-state index is 12.9. The first-order valence-electron chi connectivity index (χ1n) is 10.6. The highest BCUT2D eigenvalue weighted by Crippen LogP contribution is 2.48. The second kappa shape index (κ2) is 8.99. The monoisotopic (exact) mass is 460 g/mol. The van der Waals surface area contributed by atoms with Gasteiger partial charge in [0, 0.05) is 24.9 Å². The largest absolute Gasteiger partial charge is 0.497 e. The quantitative estimate of drug-likeness (QED) is 0.597. The average Bonchev–Trinajstić information content (AvgIpc) is 3.45. The topological polar surface area (TPSA) is 103 Å². The number of anilines is 1. The van der Waals surface area contributed by atoms with E-state index in [1.807, 2.05) is 0 Å². The van der Waals surface area contributed by atoms with Crippen molar-refractivity contribution >= 4 is 21.6 Å². The predicted molar refractivity (Wildman–Crippen MR) is 120 cm³/mol. The van der Waals surface area contributed by atoms with E-state index in [1.165, 1.54) is 20.3 Å². The molecular weight excluding hydrogens is 432 g/mol. The Bertz CT molecular complexity index is 1070. The molecule has 1 saturated heterocycles. The van der Waals surface area contributed by atoms with Gasteiger partial charge in [0.05, 0.1) is 25.7 Å². The van der Waals surface area contributed by atoms with Crippen LogP contribution in [0.5, 0.6) is 11.5 Å². The lowest BCUT2D eigenvalue weighted by Gasteiger charge is -2.18. The van der Waals surface area contributed by atoms with Crippen LogP contribution in [0.2, 0.25) is 0 Å². The molecule has 2 N–H and O–H groups in total. The van der Waals surface area contributed by atoms with E-state index >= 15 is 0 Å². The van der Waals surface area contributed by atoms with Crippen LogP contribution in [0.4, 0.5) is 5.69 Å². The third kappa shape index (κ3) is 4.54. The first-order valence-corrected chi connectivity index (χ1v) is 12.1. The normalized spacial score (nSPS) is 19.2. The van der Waals surface area contributed by atoms with Crippen LogP contribution in [0.15, 0.2) is 47.4 Å². The van der Waals surface area contributed by atoms with E-state index in [4.69, 9.17) is 14.2 Å². The molecule has 0 radical (unpaired) electrons. The average molecular weight is 461 g/mol.